The molecular formula is C33H36N6O4. The fourth-order valence-corrected chi connectivity index (χ4v) is 6.11. The van der Waals surface area contributed by atoms with Crippen molar-refractivity contribution in [3.8, 4) is 5.88 Å². The van der Waals surface area contributed by atoms with Crippen molar-refractivity contribution in [2.45, 2.75) is 64.4 Å². The first-order valence-corrected chi connectivity index (χ1v) is 15.1. The maximum Gasteiger partial charge on any atom is 0.335 e. The number of nitrogens with zero attached hydrogens (tertiary/aromatic N) is 6. The second-order valence-electron chi connectivity index (χ2n) is 11.5. The summed E-state index contributed by atoms with van der Waals surface area (Å²) in [4.78, 5) is 23.8. The molecule has 2 aliphatic rings. The van der Waals surface area contributed by atoms with Gasteiger partial charge in [-0.15, -0.1) is 0 Å². The summed E-state index contributed by atoms with van der Waals surface area (Å²) in [5.74, 6) is 1.04. The molecule has 2 aromatic carbocycles. The molecule has 0 amide bonds. The molecule has 10 nitrogen and oxygen atoms in total. The third kappa shape index (κ3) is 5.85. The number of likely N-dealkylation sites (tertiary alicyclic amines) is 1. The second kappa shape index (κ2) is 11.8. The number of fused-ring (bicyclic) bond motifs is 2. The van der Waals surface area contributed by atoms with Gasteiger partial charge in [0, 0.05) is 42.4 Å². The Bertz CT molecular complexity index is 1770. The molecule has 1 N–H and O–H groups in total. The molecule has 2 aliphatic heterocycles. The largest absolute Gasteiger partial charge is 0.478 e. The zero-order valence-corrected chi connectivity index (χ0v) is 24.4. The first kappa shape index (κ1) is 27.5. The normalized spacial score (nSPS) is 17.8. The molecule has 5 aromatic rings. The molecule has 0 aliphatic carbocycles. The van der Waals surface area contributed by atoms with E-state index in [-0.39, 0.29) is 11.7 Å². The zero-order valence-electron chi connectivity index (χ0n) is 24.4. The quantitative estimate of drug-likeness (QED) is 0.239. The van der Waals surface area contributed by atoms with Crippen LogP contribution >= 0.6 is 0 Å². The van der Waals surface area contributed by atoms with Crippen LogP contribution in [0.1, 0.15) is 59.5 Å². The summed E-state index contributed by atoms with van der Waals surface area (Å²) < 4.78 is 15.9. The highest BCUT2D eigenvalue weighted by Crippen LogP contribution is 2.30. The van der Waals surface area contributed by atoms with Crippen molar-refractivity contribution in [1.29, 1.82) is 0 Å². The first-order valence-electron chi connectivity index (χ1n) is 15.1. The summed E-state index contributed by atoms with van der Waals surface area (Å²) in [5.41, 5.74) is 5.09. The molecule has 0 radical (unpaired) electrons. The van der Waals surface area contributed by atoms with Crippen LogP contribution in [0.15, 0.2) is 60.8 Å². The van der Waals surface area contributed by atoms with Gasteiger partial charge in [-0.3, -0.25) is 9.58 Å². The van der Waals surface area contributed by atoms with Gasteiger partial charge in [-0.1, -0.05) is 18.2 Å². The molecule has 0 spiro atoms. The molecule has 2 fully saturated rings. The number of rotatable bonds is 10. The number of hydrogen-bond acceptors (Lipinski definition) is 7. The van der Waals surface area contributed by atoms with Crippen LogP contribution in [0.5, 0.6) is 5.88 Å². The van der Waals surface area contributed by atoms with Crippen molar-refractivity contribution < 1.29 is 19.4 Å². The number of ether oxygens (including phenoxy) is 2. The van der Waals surface area contributed by atoms with Crippen molar-refractivity contribution in [2.24, 2.45) is 0 Å². The van der Waals surface area contributed by atoms with Gasteiger partial charge < -0.3 is 19.1 Å². The Balaban J connectivity index is 0.993. The van der Waals surface area contributed by atoms with Crippen LogP contribution in [0.4, 0.5) is 0 Å². The van der Waals surface area contributed by atoms with Gasteiger partial charge in [-0.05, 0) is 75.2 Å². The van der Waals surface area contributed by atoms with E-state index in [0.717, 1.165) is 84.5 Å². The molecular weight excluding hydrogens is 544 g/mol. The molecule has 222 valence electrons. The maximum atomic E-state index is 11.6. The fraction of sp³-hybridized carbons (Fsp3) is 0.394. The van der Waals surface area contributed by atoms with Crippen LogP contribution in [0.2, 0.25) is 0 Å². The molecule has 7 rings (SSSR count). The van der Waals surface area contributed by atoms with Gasteiger partial charge in [-0.2, -0.15) is 5.10 Å². The lowest BCUT2D eigenvalue weighted by atomic mass is 9.93. The van der Waals surface area contributed by atoms with Crippen LogP contribution in [0.25, 0.3) is 21.9 Å². The Morgan fingerprint density at radius 3 is 2.67 bits per heavy atom. The Morgan fingerprint density at radius 1 is 1.05 bits per heavy atom. The second-order valence-corrected chi connectivity index (χ2v) is 11.5. The van der Waals surface area contributed by atoms with Gasteiger partial charge in [0.25, 0.3) is 0 Å². The van der Waals surface area contributed by atoms with E-state index in [4.69, 9.17) is 19.4 Å². The number of aromatic carboxylic acids is 1. The van der Waals surface area contributed by atoms with Gasteiger partial charge in [0.05, 0.1) is 41.3 Å². The van der Waals surface area contributed by atoms with E-state index in [9.17, 15) is 9.90 Å². The average molecular weight is 581 g/mol. The van der Waals surface area contributed by atoms with E-state index in [1.807, 2.05) is 22.9 Å². The number of carbonyl (C=O) groups is 1. The highest BCUT2D eigenvalue weighted by atomic mass is 16.5. The lowest BCUT2D eigenvalue weighted by Gasteiger charge is -2.32. The van der Waals surface area contributed by atoms with Gasteiger partial charge in [0.1, 0.15) is 12.4 Å². The Labute approximate surface area is 249 Å². The third-order valence-corrected chi connectivity index (χ3v) is 8.70. The number of pyridine rings is 1. The van der Waals surface area contributed by atoms with Crippen LogP contribution < -0.4 is 4.74 Å². The summed E-state index contributed by atoms with van der Waals surface area (Å²) in [7, 11) is 0. The Morgan fingerprint density at radius 2 is 1.91 bits per heavy atom. The third-order valence-electron chi connectivity index (χ3n) is 8.70. The lowest BCUT2D eigenvalue weighted by Crippen LogP contribution is -2.35. The van der Waals surface area contributed by atoms with Crippen LogP contribution in [-0.4, -0.2) is 66.1 Å². The molecule has 0 saturated carbocycles. The molecule has 2 saturated heterocycles. The number of aromatic nitrogens is 5. The Hall–Kier alpha value is -4.28. The highest BCUT2D eigenvalue weighted by Gasteiger charge is 2.26. The Kier molecular flexibility index (Phi) is 7.54. The number of benzene rings is 2. The van der Waals surface area contributed by atoms with E-state index < -0.39 is 5.97 Å². The predicted molar refractivity (Wildman–Crippen MR) is 162 cm³/mol. The van der Waals surface area contributed by atoms with Gasteiger partial charge in [-0.25, -0.2) is 14.8 Å². The monoisotopic (exact) mass is 580 g/mol. The van der Waals surface area contributed by atoms with Crippen molar-refractivity contribution in [1.82, 2.24) is 29.2 Å². The van der Waals surface area contributed by atoms with Crippen molar-refractivity contribution in [3.63, 3.8) is 0 Å². The number of carboxylic acid groups (broad SMARTS) is 1. The highest BCUT2D eigenvalue weighted by molar-refractivity contribution is 5.92. The molecule has 3 aromatic heterocycles. The maximum absolute atomic E-state index is 11.6. The molecule has 43 heavy (non-hydrogen) atoms. The molecule has 0 bridgehead atoms. The number of piperidine rings is 1. The minimum atomic E-state index is -0.928. The van der Waals surface area contributed by atoms with E-state index in [0.29, 0.717) is 31.5 Å². The van der Waals surface area contributed by atoms with Crippen LogP contribution in [0, 0.1) is 0 Å². The van der Waals surface area contributed by atoms with Crippen LogP contribution in [-0.2, 0) is 31.0 Å². The SMILES string of the molecule is CCn1cc2ccc(COc3cccc(C4CCN(Cc5nc6ccc(C(=O)O)cc6n5C[C@@H]5CCO5)CC4)n3)cc2n1. The molecule has 5 heterocycles. The minimum absolute atomic E-state index is 0.151. The van der Waals surface area contributed by atoms with E-state index in [1.54, 1.807) is 12.1 Å². The van der Waals surface area contributed by atoms with E-state index in [2.05, 4.69) is 52.0 Å². The van der Waals surface area contributed by atoms with Gasteiger partial charge >= 0.3 is 5.97 Å². The fourth-order valence-electron chi connectivity index (χ4n) is 6.11. The molecule has 1 atom stereocenters. The number of carboxylic acids is 1. The van der Waals surface area contributed by atoms with Crippen molar-refractivity contribution >= 4 is 27.9 Å². The molecule has 0 unspecified atom stereocenters. The van der Waals surface area contributed by atoms with Crippen molar-refractivity contribution in [3.05, 3.63) is 83.4 Å². The van der Waals surface area contributed by atoms with Gasteiger partial charge in [0.15, 0.2) is 0 Å². The summed E-state index contributed by atoms with van der Waals surface area (Å²) >= 11 is 0. The lowest BCUT2D eigenvalue weighted by molar-refractivity contribution is -0.0592. The van der Waals surface area contributed by atoms with E-state index in [1.165, 1.54) is 0 Å². The first-order chi connectivity index (χ1) is 21.0. The van der Waals surface area contributed by atoms with Crippen molar-refractivity contribution in [2.75, 3.05) is 19.7 Å². The standard InChI is InChI=1S/C33H36N6O4/c1-2-38-18-25-7-6-22(16-29(25)36-38)21-43-32-5-3-4-27(35-32)23-10-13-37(14-11-23)20-31-34-28-9-8-24(33(40)41)17-30(28)39(31)19-26-12-15-42-26/h3-9,16-18,23,26H,2,10-15,19-21H2,1H3,(H,40,41)/t26-/m0/s1. The summed E-state index contributed by atoms with van der Waals surface area (Å²) in [5, 5.41) is 15.3. The summed E-state index contributed by atoms with van der Waals surface area (Å²) in [6.45, 7) is 7.44. The minimum Gasteiger partial charge on any atom is -0.478 e. The summed E-state index contributed by atoms with van der Waals surface area (Å²) in [6.07, 6.45) is 5.23. The van der Waals surface area contributed by atoms with Gasteiger partial charge in [0.2, 0.25) is 5.88 Å². The smallest absolute Gasteiger partial charge is 0.335 e. The summed E-state index contributed by atoms with van der Waals surface area (Å²) in [6, 6.07) is 17.5. The van der Waals surface area contributed by atoms with E-state index >= 15 is 0 Å². The zero-order chi connectivity index (χ0) is 29.3. The average Bonchev–Trinajstić information content (AvgIpc) is 3.58. The number of aryl methyl sites for hydroxylation is 1. The predicted octanol–water partition coefficient (Wildman–Crippen LogP) is 5.25. The van der Waals surface area contributed by atoms with Crippen LogP contribution in [0.3, 0.4) is 0 Å². The number of hydrogen-bond donors (Lipinski definition) is 1. The number of imidazole rings is 1. The molecule has 10 heteroatoms. The topological polar surface area (TPSA) is 108 Å².